The predicted molar refractivity (Wildman–Crippen MR) is 104 cm³/mol. The van der Waals surface area contributed by atoms with Crippen LogP contribution in [0.15, 0.2) is 48.6 Å². The Hall–Kier alpha value is -2.00. The number of pyridine rings is 1. The van der Waals surface area contributed by atoms with E-state index in [9.17, 15) is 18.0 Å². The van der Waals surface area contributed by atoms with Gasteiger partial charge in [-0.2, -0.15) is 24.9 Å². The molecule has 1 aromatic rings. The van der Waals surface area contributed by atoms with Crippen molar-refractivity contribution in [2.75, 3.05) is 23.4 Å². The number of hydrogen-bond donors (Lipinski definition) is 2. The second-order valence-corrected chi connectivity index (χ2v) is 6.75. The Morgan fingerprint density at radius 3 is 2.74 bits per heavy atom. The molecule has 0 spiro atoms. The molecule has 0 aliphatic carbocycles. The molecule has 5 nitrogen and oxygen atoms in total. The first-order valence-electron chi connectivity index (χ1n) is 7.91. The molecule has 0 atom stereocenters. The van der Waals surface area contributed by atoms with Gasteiger partial charge in [0.15, 0.2) is 0 Å². The number of aromatic nitrogens is 1. The van der Waals surface area contributed by atoms with Crippen molar-refractivity contribution < 1.29 is 18.0 Å². The summed E-state index contributed by atoms with van der Waals surface area (Å²) in [5, 5.41) is 10.3. The van der Waals surface area contributed by atoms with E-state index in [1.54, 1.807) is 31.5 Å². The number of rotatable bonds is 10. The number of nitrogens with zero attached hydrogens (tertiary/aromatic N) is 2. The fraction of sp³-hybridized carbons (Fsp3) is 0.353. The van der Waals surface area contributed by atoms with Gasteiger partial charge < -0.3 is 10.2 Å². The average molecular weight is 421 g/mol. The maximum atomic E-state index is 12.4. The standard InChI is InChI=1S/C17H20ClF3N4OS/c1-3-25(15(26)6-8-27-11-12(2)17(19,20)21)14(16(18)22)10-24-13-5-4-7-23-9-13/h4-5,7,9-10,22,24H,2-3,6,8,11H2,1H3/b14-10+,22-16?. The van der Waals surface area contributed by atoms with E-state index in [-0.39, 0.29) is 41.2 Å². The van der Waals surface area contributed by atoms with Crippen molar-refractivity contribution in [1.29, 1.82) is 5.41 Å². The third-order valence-corrected chi connectivity index (χ3v) is 4.55. The summed E-state index contributed by atoms with van der Waals surface area (Å²) < 4.78 is 37.2. The maximum Gasteiger partial charge on any atom is 0.412 e. The van der Waals surface area contributed by atoms with Crippen LogP contribution < -0.4 is 5.32 Å². The first-order chi connectivity index (χ1) is 12.7. The van der Waals surface area contributed by atoms with E-state index in [4.69, 9.17) is 17.0 Å². The van der Waals surface area contributed by atoms with Gasteiger partial charge in [0.05, 0.1) is 17.6 Å². The molecule has 0 aromatic carbocycles. The fourth-order valence-electron chi connectivity index (χ4n) is 1.91. The molecule has 0 radical (unpaired) electrons. The van der Waals surface area contributed by atoms with E-state index in [1.165, 1.54) is 11.1 Å². The number of nitrogens with one attached hydrogen (secondary N) is 2. The van der Waals surface area contributed by atoms with Gasteiger partial charge >= 0.3 is 6.18 Å². The van der Waals surface area contributed by atoms with Gasteiger partial charge in [0.25, 0.3) is 0 Å². The molecule has 27 heavy (non-hydrogen) atoms. The van der Waals surface area contributed by atoms with Crippen LogP contribution in [0.4, 0.5) is 18.9 Å². The van der Waals surface area contributed by atoms with Gasteiger partial charge in [-0.25, -0.2) is 0 Å². The molecule has 1 aromatic heterocycles. The SMILES string of the molecule is C=C(CSCCC(=O)N(CC)/C(=C/Nc1cccnc1)C(=N)Cl)C(F)(F)F. The molecule has 1 heterocycles. The Labute approximate surface area is 165 Å². The van der Waals surface area contributed by atoms with Crippen LogP contribution in [-0.2, 0) is 4.79 Å². The molecule has 1 rings (SSSR count). The average Bonchev–Trinajstić information content (AvgIpc) is 2.61. The van der Waals surface area contributed by atoms with E-state index in [0.29, 0.717) is 5.69 Å². The highest BCUT2D eigenvalue weighted by Crippen LogP contribution is 2.27. The largest absolute Gasteiger partial charge is 0.412 e. The molecule has 0 saturated carbocycles. The van der Waals surface area contributed by atoms with Gasteiger partial charge in [-0.3, -0.25) is 15.2 Å². The summed E-state index contributed by atoms with van der Waals surface area (Å²) in [6.45, 7) is 4.96. The molecular formula is C17H20ClF3N4OS. The topological polar surface area (TPSA) is 69.1 Å². The van der Waals surface area contributed by atoms with Crippen LogP contribution in [0.2, 0.25) is 0 Å². The third kappa shape index (κ3) is 8.04. The van der Waals surface area contributed by atoms with Crippen LogP contribution >= 0.6 is 23.4 Å². The number of thioether (sulfide) groups is 1. The lowest BCUT2D eigenvalue weighted by molar-refractivity contribution is -0.128. The molecule has 0 saturated heterocycles. The highest BCUT2D eigenvalue weighted by molar-refractivity contribution is 7.99. The predicted octanol–water partition coefficient (Wildman–Crippen LogP) is 4.64. The van der Waals surface area contributed by atoms with Crippen LogP contribution in [0.25, 0.3) is 0 Å². The number of carbonyl (C=O) groups is 1. The van der Waals surface area contributed by atoms with Crippen LogP contribution in [0.3, 0.4) is 0 Å². The molecule has 0 aliphatic heterocycles. The minimum atomic E-state index is -4.42. The second kappa shape index (κ2) is 11.0. The number of anilines is 1. The summed E-state index contributed by atoms with van der Waals surface area (Å²) in [7, 11) is 0. The molecule has 0 aliphatic rings. The molecule has 0 fully saturated rings. The molecule has 1 amide bonds. The third-order valence-electron chi connectivity index (χ3n) is 3.31. The molecule has 0 unspecified atom stereocenters. The van der Waals surface area contributed by atoms with Crippen LogP contribution in [0, 0.1) is 5.41 Å². The van der Waals surface area contributed by atoms with E-state index in [2.05, 4.69) is 16.9 Å². The Morgan fingerprint density at radius 2 is 2.22 bits per heavy atom. The molecule has 2 N–H and O–H groups in total. The first-order valence-corrected chi connectivity index (χ1v) is 9.44. The Morgan fingerprint density at radius 1 is 1.52 bits per heavy atom. The van der Waals surface area contributed by atoms with Gasteiger partial charge in [-0.05, 0) is 19.1 Å². The minimum absolute atomic E-state index is 0.0119. The summed E-state index contributed by atoms with van der Waals surface area (Å²) in [5.74, 6) is -0.435. The highest BCUT2D eigenvalue weighted by Gasteiger charge is 2.31. The highest BCUT2D eigenvalue weighted by atomic mass is 35.5. The lowest BCUT2D eigenvalue weighted by Gasteiger charge is -2.23. The Bertz CT molecular complexity index is 695. The van der Waals surface area contributed by atoms with Crippen molar-refractivity contribution in [3.8, 4) is 0 Å². The molecule has 148 valence electrons. The quantitative estimate of drug-likeness (QED) is 0.328. The van der Waals surface area contributed by atoms with Crippen LogP contribution in [0.5, 0.6) is 0 Å². The zero-order valence-electron chi connectivity index (χ0n) is 14.6. The number of carbonyl (C=O) groups excluding carboxylic acids is 1. The van der Waals surface area contributed by atoms with E-state index in [1.807, 2.05) is 0 Å². The molecule has 0 bridgehead atoms. The molecule has 10 heteroatoms. The van der Waals surface area contributed by atoms with Gasteiger partial charge in [0, 0.05) is 42.4 Å². The number of alkyl halides is 3. The van der Waals surface area contributed by atoms with E-state index >= 15 is 0 Å². The molecular weight excluding hydrogens is 401 g/mol. The number of allylic oxidation sites excluding steroid dienone is 1. The Kier molecular flexibility index (Phi) is 9.37. The van der Waals surface area contributed by atoms with Crippen LogP contribution in [-0.4, -0.2) is 45.2 Å². The smallest absolute Gasteiger partial charge is 0.358 e. The van der Waals surface area contributed by atoms with Gasteiger partial charge in [-0.15, -0.1) is 0 Å². The Balaban J connectivity index is 2.67. The zero-order valence-corrected chi connectivity index (χ0v) is 16.2. The van der Waals surface area contributed by atoms with Gasteiger partial charge in [0.1, 0.15) is 5.17 Å². The summed E-state index contributed by atoms with van der Waals surface area (Å²) in [6, 6.07) is 3.47. The number of hydrogen-bond acceptors (Lipinski definition) is 5. The lowest BCUT2D eigenvalue weighted by Crippen LogP contribution is -2.33. The van der Waals surface area contributed by atoms with Crippen molar-refractivity contribution in [3.63, 3.8) is 0 Å². The van der Waals surface area contributed by atoms with Crippen molar-refractivity contribution in [2.24, 2.45) is 0 Å². The summed E-state index contributed by atoms with van der Waals surface area (Å²) >= 11 is 6.78. The van der Waals surface area contributed by atoms with Gasteiger partial charge in [0.2, 0.25) is 5.91 Å². The first kappa shape index (κ1) is 23.0. The van der Waals surface area contributed by atoms with Gasteiger partial charge in [-0.1, -0.05) is 18.2 Å². The van der Waals surface area contributed by atoms with Crippen LogP contribution in [0.1, 0.15) is 13.3 Å². The van der Waals surface area contributed by atoms with E-state index < -0.39 is 11.7 Å². The van der Waals surface area contributed by atoms with Crippen molar-refractivity contribution in [3.05, 3.63) is 48.6 Å². The second-order valence-electron chi connectivity index (χ2n) is 5.27. The minimum Gasteiger partial charge on any atom is -0.358 e. The summed E-state index contributed by atoms with van der Waals surface area (Å²) in [5.41, 5.74) is -0.0218. The number of halogens is 4. The van der Waals surface area contributed by atoms with Crippen molar-refractivity contribution >= 4 is 40.1 Å². The lowest BCUT2D eigenvalue weighted by atomic mass is 10.3. The maximum absolute atomic E-state index is 12.4. The number of amides is 1. The van der Waals surface area contributed by atoms with Crippen molar-refractivity contribution in [1.82, 2.24) is 9.88 Å². The fourth-order valence-corrected chi connectivity index (χ4v) is 2.94. The normalized spacial score (nSPS) is 11.8. The monoisotopic (exact) mass is 420 g/mol. The summed E-state index contributed by atoms with van der Waals surface area (Å²) in [4.78, 5) is 17.6. The van der Waals surface area contributed by atoms with E-state index in [0.717, 1.165) is 11.8 Å². The summed E-state index contributed by atoms with van der Waals surface area (Å²) in [6.07, 6.45) is 0.180. The van der Waals surface area contributed by atoms with Crippen molar-refractivity contribution in [2.45, 2.75) is 19.5 Å². The zero-order chi connectivity index (χ0) is 20.4.